The van der Waals surface area contributed by atoms with Gasteiger partial charge in [-0.2, -0.15) is 0 Å². The Hall–Kier alpha value is -4.76. The van der Waals surface area contributed by atoms with Gasteiger partial charge in [0.1, 0.15) is 24.5 Å². The van der Waals surface area contributed by atoms with Crippen molar-refractivity contribution in [3.8, 4) is 17.2 Å². The van der Waals surface area contributed by atoms with E-state index < -0.39 is 48.3 Å². The molecule has 3 aliphatic rings. The highest BCUT2D eigenvalue weighted by Crippen LogP contribution is 2.41. The number of nitrogens with one attached hydrogen (secondary N) is 3. The van der Waals surface area contributed by atoms with E-state index in [0.29, 0.717) is 50.1 Å². The van der Waals surface area contributed by atoms with Gasteiger partial charge in [-0.3, -0.25) is 4.79 Å². The molecule has 0 aliphatic carbocycles. The van der Waals surface area contributed by atoms with Crippen LogP contribution >= 0.6 is 0 Å². The van der Waals surface area contributed by atoms with Gasteiger partial charge in [-0.25, -0.2) is 14.4 Å². The van der Waals surface area contributed by atoms with Crippen LogP contribution in [0.1, 0.15) is 63.0 Å². The SMILES string of the molecule is COC(=O)[C@H](C)NC(=O)CC[C@@H]1C[C@@H](OC(=O)NCc2cccc3c2OCO3)C[C@@]2(CCC[C@H](COC(=O)NCCc3ccccc3OC)O2)O1. The van der Waals surface area contributed by atoms with Crippen molar-refractivity contribution in [1.29, 1.82) is 0 Å². The van der Waals surface area contributed by atoms with Crippen LogP contribution in [-0.4, -0.2) is 88.4 Å². The second-order valence-electron chi connectivity index (χ2n) is 12.7. The molecule has 51 heavy (non-hydrogen) atoms. The van der Waals surface area contributed by atoms with E-state index >= 15 is 0 Å². The zero-order chi connectivity index (χ0) is 36.2. The molecule has 2 saturated heterocycles. The van der Waals surface area contributed by atoms with E-state index in [1.165, 1.54) is 7.11 Å². The molecule has 278 valence electrons. The summed E-state index contributed by atoms with van der Waals surface area (Å²) in [6.45, 7) is 2.18. The molecule has 3 heterocycles. The summed E-state index contributed by atoms with van der Waals surface area (Å²) in [5.74, 6) is -0.0806. The first kappa shape index (κ1) is 37.5. The molecular weight excluding hydrogens is 666 g/mol. The normalized spacial score (nSPS) is 22.7. The minimum Gasteiger partial charge on any atom is -0.496 e. The summed E-state index contributed by atoms with van der Waals surface area (Å²) >= 11 is 0. The van der Waals surface area contributed by atoms with Crippen LogP contribution in [0, 0.1) is 0 Å². The number of carbonyl (C=O) groups excluding carboxylic acids is 4. The van der Waals surface area contributed by atoms with Crippen LogP contribution in [0.2, 0.25) is 0 Å². The predicted molar refractivity (Wildman–Crippen MR) is 180 cm³/mol. The monoisotopic (exact) mass is 713 g/mol. The van der Waals surface area contributed by atoms with E-state index in [2.05, 4.69) is 16.0 Å². The first-order chi connectivity index (χ1) is 24.7. The highest BCUT2D eigenvalue weighted by atomic mass is 16.7. The standard InChI is InChI=1S/C36H47N3O12/c1-23(33(41)45-3)39-31(40)14-13-26-18-28(49-35(43)38-20-25-9-6-12-30-32(25)48-22-47-30)19-36(50-26)16-7-10-27(51-36)21-46-34(42)37-17-15-24-8-4-5-11-29(24)44-2/h4-6,8-9,11-12,23,26-28H,7,10,13-22H2,1-3H3,(H,37,42)(H,38,43)(H,39,40)/t23-,26+,27+,28+,36-/m0/s1. The van der Waals surface area contributed by atoms with E-state index in [1.807, 2.05) is 36.4 Å². The maximum Gasteiger partial charge on any atom is 0.407 e. The summed E-state index contributed by atoms with van der Waals surface area (Å²) in [6.07, 6.45) is 0.611. The van der Waals surface area contributed by atoms with Gasteiger partial charge in [0.05, 0.1) is 26.4 Å². The van der Waals surface area contributed by atoms with Crippen molar-refractivity contribution in [3.63, 3.8) is 0 Å². The van der Waals surface area contributed by atoms with Gasteiger partial charge in [-0.15, -0.1) is 0 Å². The molecule has 0 bridgehead atoms. The van der Waals surface area contributed by atoms with E-state index in [1.54, 1.807) is 20.1 Å². The first-order valence-electron chi connectivity index (χ1n) is 17.2. The Kier molecular flexibility index (Phi) is 13.2. The second kappa shape index (κ2) is 17.9. The Morgan fingerprint density at radius 1 is 0.961 bits per heavy atom. The number of para-hydroxylation sites is 2. The Morgan fingerprint density at radius 3 is 2.59 bits per heavy atom. The highest BCUT2D eigenvalue weighted by molar-refractivity contribution is 5.84. The Labute approximate surface area is 296 Å². The molecule has 0 radical (unpaired) electrons. The molecule has 3 aliphatic heterocycles. The zero-order valence-corrected chi connectivity index (χ0v) is 29.2. The number of carbonyl (C=O) groups is 4. The van der Waals surface area contributed by atoms with Crippen molar-refractivity contribution in [2.75, 3.05) is 34.2 Å². The van der Waals surface area contributed by atoms with Crippen LogP contribution in [0.3, 0.4) is 0 Å². The van der Waals surface area contributed by atoms with E-state index in [9.17, 15) is 19.2 Å². The maximum atomic E-state index is 13.0. The maximum absolute atomic E-state index is 13.0. The average Bonchev–Trinajstić information content (AvgIpc) is 3.62. The number of methoxy groups -OCH3 is 2. The summed E-state index contributed by atoms with van der Waals surface area (Å²) in [7, 11) is 2.86. The van der Waals surface area contributed by atoms with Gasteiger partial charge in [0.15, 0.2) is 17.3 Å². The molecule has 1 spiro atoms. The molecule has 5 rings (SSSR count). The Morgan fingerprint density at radius 2 is 1.76 bits per heavy atom. The molecule has 15 nitrogen and oxygen atoms in total. The molecule has 3 amide bonds. The molecule has 2 aromatic rings. The van der Waals surface area contributed by atoms with Gasteiger partial charge < -0.3 is 53.8 Å². The molecule has 15 heteroatoms. The third-order valence-corrected chi connectivity index (χ3v) is 8.97. The number of hydrogen-bond donors (Lipinski definition) is 3. The summed E-state index contributed by atoms with van der Waals surface area (Å²) in [6, 6.07) is 12.2. The third kappa shape index (κ3) is 10.6. The van der Waals surface area contributed by atoms with Crippen LogP contribution < -0.4 is 30.2 Å². The first-order valence-corrected chi connectivity index (χ1v) is 17.2. The molecule has 2 aromatic carbocycles. The Bertz CT molecular complexity index is 1520. The summed E-state index contributed by atoms with van der Waals surface area (Å²) in [5, 5.41) is 8.18. The smallest absolute Gasteiger partial charge is 0.407 e. The number of rotatable bonds is 14. The lowest BCUT2D eigenvalue weighted by Crippen LogP contribution is -2.53. The van der Waals surface area contributed by atoms with Gasteiger partial charge >= 0.3 is 18.2 Å². The van der Waals surface area contributed by atoms with Gasteiger partial charge in [0.25, 0.3) is 0 Å². The summed E-state index contributed by atoms with van der Waals surface area (Å²) < 4.78 is 45.4. The third-order valence-electron chi connectivity index (χ3n) is 8.97. The highest BCUT2D eigenvalue weighted by Gasteiger charge is 2.47. The number of esters is 1. The molecule has 5 atom stereocenters. The Balaban J connectivity index is 1.16. The van der Waals surface area contributed by atoms with Crippen LogP contribution in [0.4, 0.5) is 9.59 Å². The fourth-order valence-corrected chi connectivity index (χ4v) is 6.52. The van der Waals surface area contributed by atoms with E-state index in [4.69, 9.17) is 37.9 Å². The lowest BCUT2D eigenvalue weighted by atomic mass is 9.90. The quantitative estimate of drug-likeness (QED) is 0.190. The topological polar surface area (TPSA) is 178 Å². The zero-order valence-electron chi connectivity index (χ0n) is 29.2. The van der Waals surface area contributed by atoms with Crippen LogP contribution in [0.15, 0.2) is 42.5 Å². The fraction of sp³-hybridized carbons (Fsp3) is 0.556. The number of alkyl carbamates (subject to hydrolysis) is 2. The molecule has 0 aromatic heterocycles. The van der Waals surface area contributed by atoms with Crippen LogP contribution in [0.5, 0.6) is 17.2 Å². The number of ether oxygens (including phenoxy) is 8. The lowest BCUT2D eigenvalue weighted by molar-refractivity contribution is -0.329. The van der Waals surface area contributed by atoms with Gasteiger partial charge in [-0.05, 0) is 50.3 Å². The van der Waals surface area contributed by atoms with E-state index in [-0.39, 0.29) is 45.1 Å². The number of fused-ring (bicyclic) bond motifs is 1. The average molecular weight is 714 g/mol. The van der Waals surface area contributed by atoms with Gasteiger partial charge in [-0.1, -0.05) is 30.3 Å². The van der Waals surface area contributed by atoms with Crippen LogP contribution in [-0.2, 0) is 46.2 Å². The number of hydrogen-bond acceptors (Lipinski definition) is 12. The largest absolute Gasteiger partial charge is 0.496 e. The molecule has 0 unspecified atom stereocenters. The lowest BCUT2D eigenvalue weighted by Gasteiger charge is -2.47. The summed E-state index contributed by atoms with van der Waals surface area (Å²) in [4.78, 5) is 50.0. The minimum absolute atomic E-state index is 0.00326. The molecular formula is C36H47N3O12. The van der Waals surface area contributed by atoms with Crippen molar-refractivity contribution < 1.29 is 57.1 Å². The molecule has 2 fully saturated rings. The van der Waals surface area contributed by atoms with Crippen LogP contribution in [0.25, 0.3) is 0 Å². The van der Waals surface area contributed by atoms with Gasteiger partial charge in [0.2, 0.25) is 12.7 Å². The number of amides is 3. The minimum atomic E-state index is -1.12. The van der Waals surface area contributed by atoms with Crippen molar-refractivity contribution in [1.82, 2.24) is 16.0 Å². The molecule has 3 N–H and O–H groups in total. The van der Waals surface area contributed by atoms with E-state index in [0.717, 1.165) is 16.9 Å². The predicted octanol–water partition coefficient (Wildman–Crippen LogP) is 3.89. The number of benzene rings is 2. The second-order valence-corrected chi connectivity index (χ2v) is 12.7. The van der Waals surface area contributed by atoms with Crippen molar-refractivity contribution in [3.05, 3.63) is 53.6 Å². The summed E-state index contributed by atoms with van der Waals surface area (Å²) in [5.41, 5.74) is 1.72. The van der Waals surface area contributed by atoms with Crippen molar-refractivity contribution in [2.24, 2.45) is 0 Å². The van der Waals surface area contributed by atoms with Crippen molar-refractivity contribution in [2.45, 2.75) is 95.0 Å². The van der Waals surface area contributed by atoms with Crippen molar-refractivity contribution >= 4 is 24.1 Å². The van der Waals surface area contributed by atoms with Gasteiger partial charge in [0, 0.05) is 44.3 Å². The molecule has 0 saturated carbocycles. The fourth-order valence-electron chi connectivity index (χ4n) is 6.52.